The van der Waals surface area contributed by atoms with Crippen molar-refractivity contribution in [2.75, 3.05) is 0 Å². The number of aromatic nitrogens is 2. The van der Waals surface area contributed by atoms with Crippen molar-refractivity contribution in [1.82, 2.24) is 10.2 Å². The topological polar surface area (TPSA) is 48.9 Å². The van der Waals surface area contributed by atoms with Gasteiger partial charge in [-0.2, -0.15) is 5.10 Å². The molecule has 1 heterocycles. The molecule has 0 aromatic carbocycles. The van der Waals surface area contributed by atoms with E-state index < -0.39 is 0 Å². The number of allylic oxidation sites excluding steroid dienone is 1. The fourth-order valence-corrected chi connectivity index (χ4v) is 7.61. The zero-order valence-electron chi connectivity index (χ0n) is 15.7. The Bertz CT molecular complexity index is 680. The van der Waals surface area contributed by atoms with Gasteiger partial charge in [0.15, 0.2) is 0 Å². The number of rotatable bonds is 1. The standard InChI is InChI=1S/C22H32N2O/c1-21-10-7-15(25)13-14(21)3-4-16-17-5-6-19(20-9-12-23-24-20)22(17,2)11-8-18(16)21/h3,9,12,15-19,25H,4-8,10-11,13H2,1-2H3,(H,23,24)/t15-,16+,17+,18+,19+,21+,22+/m1/s1. The van der Waals surface area contributed by atoms with E-state index in [-0.39, 0.29) is 6.10 Å². The first-order chi connectivity index (χ1) is 12.0. The molecule has 3 nitrogen and oxygen atoms in total. The molecule has 0 bridgehead atoms. The van der Waals surface area contributed by atoms with E-state index in [0.29, 0.717) is 16.7 Å². The molecule has 4 aliphatic rings. The second-order valence-electron chi connectivity index (χ2n) is 9.84. The first-order valence-electron chi connectivity index (χ1n) is 10.4. The Morgan fingerprint density at radius 1 is 1.12 bits per heavy atom. The Labute approximate surface area is 151 Å². The van der Waals surface area contributed by atoms with Crippen LogP contribution in [-0.4, -0.2) is 21.4 Å². The monoisotopic (exact) mass is 340 g/mol. The summed E-state index contributed by atoms with van der Waals surface area (Å²) in [7, 11) is 0. The van der Waals surface area contributed by atoms with Crippen molar-refractivity contribution in [1.29, 1.82) is 0 Å². The molecule has 0 spiro atoms. The molecule has 3 fully saturated rings. The highest BCUT2D eigenvalue weighted by Gasteiger charge is 2.58. The molecule has 0 radical (unpaired) electrons. The summed E-state index contributed by atoms with van der Waals surface area (Å²) in [6, 6.07) is 2.20. The lowest BCUT2D eigenvalue weighted by Crippen LogP contribution is -2.50. The van der Waals surface area contributed by atoms with E-state index >= 15 is 0 Å². The molecule has 5 rings (SSSR count). The van der Waals surface area contributed by atoms with Gasteiger partial charge in [-0.15, -0.1) is 0 Å². The first-order valence-corrected chi connectivity index (χ1v) is 10.4. The fraction of sp³-hybridized carbons (Fsp3) is 0.773. The van der Waals surface area contributed by atoms with Crippen LogP contribution >= 0.6 is 0 Å². The summed E-state index contributed by atoms with van der Waals surface area (Å²) < 4.78 is 0. The molecule has 0 amide bonds. The quantitative estimate of drug-likeness (QED) is 0.720. The van der Waals surface area contributed by atoms with Gasteiger partial charge in [0.2, 0.25) is 0 Å². The third-order valence-electron chi connectivity index (χ3n) is 8.98. The summed E-state index contributed by atoms with van der Waals surface area (Å²) in [5, 5.41) is 17.6. The maximum Gasteiger partial charge on any atom is 0.0577 e. The van der Waals surface area contributed by atoms with E-state index in [2.05, 4.69) is 36.2 Å². The molecule has 0 saturated heterocycles. The first kappa shape index (κ1) is 16.1. The number of aliphatic hydroxyl groups is 1. The number of H-pyrrole nitrogens is 1. The number of hydrogen-bond donors (Lipinski definition) is 2. The molecule has 1 aromatic heterocycles. The van der Waals surface area contributed by atoms with Crippen LogP contribution in [-0.2, 0) is 0 Å². The molecular weight excluding hydrogens is 308 g/mol. The van der Waals surface area contributed by atoms with Crippen molar-refractivity contribution in [2.45, 2.75) is 77.2 Å². The Kier molecular flexibility index (Phi) is 3.51. The lowest BCUT2D eigenvalue weighted by molar-refractivity contribution is -0.0412. The Morgan fingerprint density at radius 3 is 2.80 bits per heavy atom. The zero-order valence-corrected chi connectivity index (χ0v) is 15.7. The highest BCUT2D eigenvalue weighted by atomic mass is 16.3. The van der Waals surface area contributed by atoms with Crippen molar-refractivity contribution in [2.24, 2.45) is 28.6 Å². The minimum Gasteiger partial charge on any atom is -0.393 e. The largest absolute Gasteiger partial charge is 0.393 e. The van der Waals surface area contributed by atoms with Gasteiger partial charge in [0.05, 0.1) is 6.10 Å². The van der Waals surface area contributed by atoms with E-state index in [1.807, 2.05) is 6.20 Å². The SMILES string of the molecule is C[C@]12CC[C@H]3[C@@H](CC=C4C[C@H](O)CC[C@@]43C)[C@@H]1CC[C@H]2c1ccn[nH]1. The fourth-order valence-electron chi connectivity index (χ4n) is 7.61. The number of aromatic amines is 1. The molecule has 4 aliphatic carbocycles. The molecule has 25 heavy (non-hydrogen) atoms. The van der Waals surface area contributed by atoms with Crippen LogP contribution < -0.4 is 0 Å². The predicted octanol–water partition coefficient (Wildman–Crippen LogP) is 4.82. The van der Waals surface area contributed by atoms with Gasteiger partial charge in [0.1, 0.15) is 0 Å². The predicted molar refractivity (Wildman–Crippen MR) is 99.0 cm³/mol. The smallest absolute Gasteiger partial charge is 0.0577 e. The van der Waals surface area contributed by atoms with Crippen LogP contribution in [0, 0.1) is 28.6 Å². The minimum absolute atomic E-state index is 0.0963. The molecule has 136 valence electrons. The van der Waals surface area contributed by atoms with Gasteiger partial charge in [-0.05, 0) is 86.0 Å². The molecule has 0 aliphatic heterocycles. The van der Waals surface area contributed by atoms with Crippen molar-refractivity contribution in [3.8, 4) is 0 Å². The second-order valence-corrected chi connectivity index (χ2v) is 9.84. The van der Waals surface area contributed by atoms with Gasteiger partial charge >= 0.3 is 0 Å². The zero-order chi connectivity index (χ0) is 17.2. The van der Waals surface area contributed by atoms with Crippen LogP contribution in [0.5, 0.6) is 0 Å². The molecule has 3 heteroatoms. The molecular formula is C22H32N2O. The van der Waals surface area contributed by atoms with Gasteiger partial charge in [-0.1, -0.05) is 25.5 Å². The third-order valence-corrected chi connectivity index (χ3v) is 8.98. The third kappa shape index (κ3) is 2.17. The molecule has 0 unspecified atom stereocenters. The molecule has 2 N–H and O–H groups in total. The normalized spacial score (nSPS) is 49.1. The van der Waals surface area contributed by atoms with E-state index in [0.717, 1.165) is 30.6 Å². The summed E-state index contributed by atoms with van der Waals surface area (Å²) in [6.07, 6.45) is 14.1. The minimum atomic E-state index is -0.0963. The number of fused-ring (bicyclic) bond motifs is 5. The van der Waals surface area contributed by atoms with Crippen LogP contribution in [0.25, 0.3) is 0 Å². The summed E-state index contributed by atoms with van der Waals surface area (Å²) in [5.41, 5.74) is 3.74. The van der Waals surface area contributed by atoms with Gasteiger partial charge in [-0.25, -0.2) is 0 Å². The van der Waals surface area contributed by atoms with E-state index in [4.69, 9.17) is 0 Å². The molecule has 3 saturated carbocycles. The lowest BCUT2D eigenvalue weighted by Gasteiger charge is -2.58. The van der Waals surface area contributed by atoms with E-state index in [9.17, 15) is 5.11 Å². The number of aliphatic hydroxyl groups excluding tert-OH is 1. The lowest BCUT2D eigenvalue weighted by atomic mass is 9.47. The average molecular weight is 341 g/mol. The Morgan fingerprint density at radius 2 is 2.00 bits per heavy atom. The van der Waals surface area contributed by atoms with Crippen molar-refractivity contribution < 1.29 is 5.11 Å². The Balaban J connectivity index is 1.47. The number of nitrogens with one attached hydrogen (secondary N) is 1. The number of nitrogens with zero attached hydrogens (tertiary/aromatic N) is 1. The molecule has 1 aromatic rings. The van der Waals surface area contributed by atoms with Crippen LogP contribution in [0.4, 0.5) is 0 Å². The van der Waals surface area contributed by atoms with E-state index in [1.165, 1.54) is 44.2 Å². The van der Waals surface area contributed by atoms with Crippen molar-refractivity contribution >= 4 is 0 Å². The van der Waals surface area contributed by atoms with Crippen LogP contribution in [0.15, 0.2) is 23.9 Å². The maximum absolute atomic E-state index is 10.1. The van der Waals surface area contributed by atoms with Crippen LogP contribution in [0.2, 0.25) is 0 Å². The highest BCUT2D eigenvalue weighted by molar-refractivity contribution is 5.26. The average Bonchev–Trinajstić information content (AvgIpc) is 3.22. The molecule has 7 atom stereocenters. The second kappa shape index (κ2) is 5.45. The van der Waals surface area contributed by atoms with Crippen molar-refractivity contribution in [3.05, 3.63) is 29.6 Å². The highest BCUT2D eigenvalue weighted by Crippen LogP contribution is 2.67. The van der Waals surface area contributed by atoms with Gasteiger partial charge in [0.25, 0.3) is 0 Å². The van der Waals surface area contributed by atoms with E-state index in [1.54, 1.807) is 5.57 Å². The summed E-state index contributed by atoms with van der Waals surface area (Å²) in [5.74, 6) is 3.18. The summed E-state index contributed by atoms with van der Waals surface area (Å²) in [6.45, 7) is 5.09. The summed E-state index contributed by atoms with van der Waals surface area (Å²) in [4.78, 5) is 0. The Hall–Kier alpha value is -1.09. The number of hydrogen-bond acceptors (Lipinski definition) is 2. The summed E-state index contributed by atoms with van der Waals surface area (Å²) >= 11 is 0. The van der Waals surface area contributed by atoms with Gasteiger partial charge in [-0.3, -0.25) is 5.10 Å². The maximum atomic E-state index is 10.1. The van der Waals surface area contributed by atoms with Crippen LogP contribution in [0.3, 0.4) is 0 Å². The van der Waals surface area contributed by atoms with Crippen molar-refractivity contribution in [3.63, 3.8) is 0 Å². The van der Waals surface area contributed by atoms with Gasteiger partial charge < -0.3 is 5.11 Å². The van der Waals surface area contributed by atoms with Gasteiger partial charge in [0, 0.05) is 17.8 Å². The van der Waals surface area contributed by atoms with Crippen LogP contribution in [0.1, 0.15) is 76.8 Å².